The van der Waals surface area contributed by atoms with Crippen LogP contribution in [0.5, 0.6) is 0 Å². The molecule has 1 fully saturated rings. The van der Waals surface area contributed by atoms with E-state index in [1.165, 1.54) is 28.4 Å². The number of aryl methyl sites for hydroxylation is 2. The first-order chi connectivity index (χ1) is 15.8. The highest BCUT2D eigenvalue weighted by atomic mass is 32.1. The number of carbonyl (C=O) groups is 2. The van der Waals surface area contributed by atoms with Crippen LogP contribution in [0.1, 0.15) is 21.6 Å². The van der Waals surface area contributed by atoms with Crippen LogP contribution in [0, 0.1) is 19.8 Å². The van der Waals surface area contributed by atoms with Gasteiger partial charge < -0.3 is 15.3 Å². The lowest BCUT2D eigenvalue weighted by Crippen LogP contribution is -2.52. The highest BCUT2D eigenvalue weighted by molar-refractivity contribution is 7.13. The van der Waals surface area contributed by atoms with Crippen LogP contribution in [0.4, 0.5) is 10.9 Å². The van der Waals surface area contributed by atoms with E-state index in [0.29, 0.717) is 40.4 Å². The number of anilines is 2. The molecule has 5 rings (SSSR count). The summed E-state index contributed by atoms with van der Waals surface area (Å²) in [6.07, 6.45) is 2.58. The van der Waals surface area contributed by atoms with Gasteiger partial charge in [-0.3, -0.25) is 14.2 Å². The maximum absolute atomic E-state index is 12.9. The van der Waals surface area contributed by atoms with Gasteiger partial charge in [-0.15, -0.1) is 11.3 Å². The Morgan fingerprint density at radius 1 is 1.24 bits per heavy atom. The fraction of sp³-hybridized carbons (Fsp3) is 0.250. The normalized spacial score (nSPS) is 13.8. The van der Waals surface area contributed by atoms with Gasteiger partial charge in [-0.2, -0.15) is 4.37 Å². The van der Waals surface area contributed by atoms with E-state index in [1.54, 1.807) is 13.0 Å². The predicted molar refractivity (Wildman–Crippen MR) is 124 cm³/mol. The Balaban J connectivity index is 1.48. The average molecular weight is 484 g/mol. The number of aromatic carboxylic acids is 1. The number of nitrogens with one attached hydrogen (secondary N) is 1. The van der Waals surface area contributed by atoms with Crippen molar-refractivity contribution >= 4 is 56.7 Å². The van der Waals surface area contributed by atoms with Crippen LogP contribution in [0.3, 0.4) is 0 Å². The zero-order valence-corrected chi connectivity index (χ0v) is 19.1. The van der Waals surface area contributed by atoms with Gasteiger partial charge in [-0.1, -0.05) is 0 Å². The number of hydrogen-bond donors (Lipinski definition) is 2. The fourth-order valence-electron chi connectivity index (χ4n) is 3.66. The van der Waals surface area contributed by atoms with Crippen LogP contribution in [-0.2, 0) is 4.79 Å². The van der Waals surface area contributed by atoms with Crippen LogP contribution in [0.15, 0.2) is 28.8 Å². The molecule has 168 valence electrons. The van der Waals surface area contributed by atoms with Gasteiger partial charge in [0.15, 0.2) is 10.8 Å². The SMILES string of the molecule is Cc1csc(NC(=O)C2CN(c3cc(C)c4c(=O)c(C(=O)O)cn(-c5ncns5)c4n3)C2)n1. The summed E-state index contributed by atoms with van der Waals surface area (Å²) in [7, 11) is 0. The van der Waals surface area contributed by atoms with Crippen molar-refractivity contribution in [2.45, 2.75) is 13.8 Å². The molecule has 0 unspecified atom stereocenters. The zero-order chi connectivity index (χ0) is 23.3. The summed E-state index contributed by atoms with van der Waals surface area (Å²) in [4.78, 5) is 52.0. The smallest absolute Gasteiger partial charge is 0.341 e. The number of pyridine rings is 2. The third kappa shape index (κ3) is 3.74. The van der Waals surface area contributed by atoms with E-state index < -0.39 is 11.4 Å². The molecule has 1 aliphatic heterocycles. The second kappa shape index (κ2) is 8.01. The van der Waals surface area contributed by atoms with Crippen molar-refractivity contribution in [3.8, 4) is 5.13 Å². The van der Waals surface area contributed by atoms with Crippen molar-refractivity contribution in [1.82, 2.24) is 23.9 Å². The molecule has 1 saturated heterocycles. The van der Waals surface area contributed by atoms with Gasteiger partial charge in [-0.05, 0) is 25.5 Å². The number of carboxylic acids is 1. The van der Waals surface area contributed by atoms with Crippen LogP contribution >= 0.6 is 22.9 Å². The van der Waals surface area contributed by atoms with Crippen molar-refractivity contribution < 1.29 is 14.7 Å². The number of aromatic nitrogens is 5. The predicted octanol–water partition coefficient (Wildman–Crippen LogP) is 2.08. The van der Waals surface area contributed by atoms with Crippen molar-refractivity contribution in [3.05, 3.63) is 51.0 Å². The van der Waals surface area contributed by atoms with E-state index in [0.717, 1.165) is 17.2 Å². The lowest BCUT2D eigenvalue weighted by molar-refractivity contribution is -0.120. The van der Waals surface area contributed by atoms with Crippen LogP contribution < -0.4 is 15.6 Å². The topological polar surface area (TPSA) is 143 Å². The molecule has 0 saturated carbocycles. The summed E-state index contributed by atoms with van der Waals surface area (Å²) in [6, 6.07) is 1.73. The van der Waals surface area contributed by atoms with Gasteiger partial charge in [0.1, 0.15) is 17.7 Å². The molecule has 13 heteroatoms. The summed E-state index contributed by atoms with van der Waals surface area (Å²) in [5, 5.41) is 15.4. The number of thiazole rings is 1. The van der Waals surface area contributed by atoms with E-state index in [9.17, 15) is 19.5 Å². The number of nitrogens with zero attached hydrogens (tertiary/aromatic N) is 6. The highest BCUT2D eigenvalue weighted by Crippen LogP contribution is 2.29. The minimum Gasteiger partial charge on any atom is -0.477 e. The van der Waals surface area contributed by atoms with Crippen molar-refractivity contribution in [2.75, 3.05) is 23.3 Å². The molecule has 0 bridgehead atoms. The van der Waals surface area contributed by atoms with Gasteiger partial charge in [0.2, 0.25) is 16.5 Å². The van der Waals surface area contributed by atoms with E-state index in [2.05, 4.69) is 24.6 Å². The zero-order valence-electron chi connectivity index (χ0n) is 17.5. The monoisotopic (exact) mass is 483 g/mol. The minimum absolute atomic E-state index is 0.102. The number of fused-ring (bicyclic) bond motifs is 1. The highest BCUT2D eigenvalue weighted by Gasteiger charge is 2.34. The lowest BCUT2D eigenvalue weighted by atomic mass is 9.99. The summed E-state index contributed by atoms with van der Waals surface area (Å²) in [5.41, 5.74) is 0.771. The number of carbonyl (C=O) groups excluding carboxylic acids is 1. The molecule has 4 aromatic rings. The Morgan fingerprint density at radius 3 is 2.67 bits per heavy atom. The third-order valence-corrected chi connectivity index (χ3v) is 6.89. The average Bonchev–Trinajstić information content (AvgIpc) is 3.38. The minimum atomic E-state index is -1.32. The first kappa shape index (κ1) is 21.2. The molecular formula is C20H17N7O4S2. The second-order valence-corrected chi connectivity index (χ2v) is 9.27. The Labute approximate surface area is 194 Å². The van der Waals surface area contributed by atoms with E-state index in [-0.39, 0.29) is 22.8 Å². The number of amides is 1. The molecule has 0 spiro atoms. The molecule has 5 heterocycles. The molecule has 11 nitrogen and oxygen atoms in total. The largest absolute Gasteiger partial charge is 0.477 e. The molecule has 0 radical (unpaired) electrons. The van der Waals surface area contributed by atoms with Crippen LogP contribution in [0.2, 0.25) is 0 Å². The third-order valence-electron chi connectivity index (χ3n) is 5.35. The van der Waals surface area contributed by atoms with Gasteiger partial charge in [-0.25, -0.2) is 19.7 Å². The Bertz CT molecular complexity index is 1460. The quantitative estimate of drug-likeness (QED) is 0.436. The van der Waals surface area contributed by atoms with Crippen molar-refractivity contribution in [3.63, 3.8) is 0 Å². The van der Waals surface area contributed by atoms with Crippen LogP contribution in [0.25, 0.3) is 16.2 Å². The molecule has 4 aromatic heterocycles. The Kier molecular flexibility index (Phi) is 5.13. The van der Waals surface area contributed by atoms with Gasteiger partial charge >= 0.3 is 5.97 Å². The molecular weight excluding hydrogens is 466 g/mol. The van der Waals surface area contributed by atoms with Gasteiger partial charge in [0.25, 0.3) is 0 Å². The molecule has 0 aliphatic carbocycles. The van der Waals surface area contributed by atoms with E-state index in [4.69, 9.17) is 0 Å². The maximum atomic E-state index is 12.9. The first-order valence-electron chi connectivity index (χ1n) is 9.87. The molecule has 33 heavy (non-hydrogen) atoms. The fourth-order valence-corrected chi connectivity index (χ4v) is 4.86. The van der Waals surface area contributed by atoms with Gasteiger partial charge in [0.05, 0.1) is 17.0 Å². The molecule has 2 N–H and O–H groups in total. The Hall–Kier alpha value is -3.71. The summed E-state index contributed by atoms with van der Waals surface area (Å²) in [5.74, 6) is -1.05. The second-order valence-electron chi connectivity index (χ2n) is 7.65. The van der Waals surface area contributed by atoms with E-state index >= 15 is 0 Å². The van der Waals surface area contributed by atoms with E-state index in [1.807, 2.05) is 17.2 Å². The first-order valence-corrected chi connectivity index (χ1v) is 11.5. The Morgan fingerprint density at radius 2 is 2.03 bits per heavy atom. The standard InChI is InChI=1S/C20H17N7O4S2/c1-9-3-13(26-4-11(5-26)17(29)25-19-23-10(2)7-32-19)24-16-14(9)15(28)12(18(30)31)6-27(16)20-21-8-22-33-20/h3,6-8,11H,4-5H2,1-2H3,(H,30,31)(H,23,25,29). The summed E-state index contributed by atoms with van der Waals surface area (Å²) < 4.78 is 5.45. The lowest BCUT2D eigenvalue weighted by Gasteiger charge is -2.39. The van der Waals surface area contributed by atoms with Crippen LogP contribution in [-0.4, -0.2) is 54.0 Å². The van der Waals surface area contributed by atoms with Crippen molar-refractivity contribution in [1.29, 1.82) is 0 Å². The summed E-state index contributed by atoms with van der Waals surface area (Å²) >= 11 is 2.44. The van der Waals surface area contributed by atoms with Crippen molar-refractivity contribution in [2.24, 2.45) is 5.92 Å². The maximum Gasteiger partial charge on any atom is 0.341 e. The summed E-state index contributed by atoms with van der Waals surface area (Å²) in [6.45, 7) is 4.53. The molecule has 0 atom stereocenters. The number of carboxylic acid groups (broad SMARTS) is 1. The number of hydrogen-bond acceptors (Lipinski definition) is 10. The van der Waals surface area contributed by atoms with Gasteiger partial charge in [0, 0.05) is 36.2 Å². The number of rotatable bonds is 5. The molecule has 1 aliphatic rings. The molecule has 0 aromatic carbocycles. The molecule has 1 amide bonds.